The maximum Gasteiger partial charge on any atom is 0.348 e. The molecule has 1 saturated carbocycles. The largest absolute Gasteiger partial charge is 0.459 e. The van der Waals surface area contributed by atoms with Gasteiger partial charge in [0.25, 0.3) is 0 Å². The molecular formula is C10H14O4. The Hall–Kier alpha value is -1.06. The summed E-state index contributed by atoms with van der Waals surface area (Å²) in [5.74, 6) is -0.671. The minimum absolute atomic E-state index is 0.0133. The monoisotopic (exact) mass is 198 g/mol. The summed E-state index contributed by atoms with van der Waals surface area (Å²) >= 11 is 0. The molecule has 0 aromatic carbocycles. The van der Waals surface area contributed by atoms with Crippen LogP contribution in [0.2, 0.25) is 0 Å². The van der Waals surface area contributed by atoms with Crippen LogP contribution in [-0.2, 0) is 19.1 Å². The van der Waals surface area contributed by atoms with Gasteiger partial charge < -0.3 is 9.47 Å². The Kier molecular flexibility index (Phi) is 2.44. The molecule has 1 aliphatic heterocycles. The Morgan fingerprint density at radius 1 is 1.43 bits per heavy atom. The van der Waals surface area contributed by atoms with Gasteiger partial charge in [-0.25, -0.2) is 4.79 Å². The van der Waals surface area contributed by atoms with Crippen molar-refractivity contribution in [2.24, 2.45) is 5.92 Å². The number of hydrogen-bond acceptors (Lipinski definition) is 4. The number of ether oxygens (including phenoxy) is 2. The molecule has 4 nitrogen and oxygen atoms in total. The maximum absolute atomic E-state index is 11.4. The van der Waals surface area contributed by atoms with Crippen LogP contribution < -0.4 is 0 Å². The van der Waals surface area contributed by atoms with Crippen LogP contribution in [-0.4, -0.2) is 24.1 Å². The zero-order valence-electron chi connectivity index (χ0n) is 8.19. The van der Waals surface area contributed by atoms with Crippen molar-refractivity contribution in [1.29, 1.82) is 0 Å². The number of hydrogen-bond donors (Lipinski definition) is 0. The van der Waals surface area contributed by atoms with Crippen molar-refractivity contribution < 1.29 is 19.1 Å². The van der Waals surface area contributed by atoms with E-state index < -0.39 is 12.1 Å². The first kappa shape index (κ1) is 9.49. The summed E-state index contributed by atoms with van der Waals surface area (Å²) in [6, 6.07) is 0. The Bertz CT molecular complexity index is 261. The van der Waals surface area contributed by atoms with E-state index in [1.54, 1.807) is 0 Å². The highest BCUT2D eigenvalue weighted by Gasteiger charge is 2.47. The topological polar surface area (TPSA) is 52.6 Å². The minimum atomic E-state index is -0.641. The van der Waals surface area contributed by atoms with Crippen LogP contribution in [0.5, 0.6) is 0 Å². The first-order valence-electron chi connectivity index (χ1n) is 5.06. The van der Waals surface area contributed by atoms with Gasteiger partial charge in [-0.3, -0.25) is 4.79 Å². The molecule has 3 atom stereocenters. The van der Waals surface area contributed by atoms with Crippen molar-refractivity contribution in [2.45, 2.75) is 44.8 Å². The zero-order valence-corrected chi connectivity index (χ0v) is 8.19. The third-order valence-corrected chi connectivity index (χ3v) is 2.94. The lowest BCUT2D eigenvalue weighted by atomic mass is 9.85. The molecule has 1 heterocycles. The average Bonchev–Trinajstić information content (AvgIpc) is 2.43. The highest BCUT2D eigenvalue weighted by molar-refractivity contribution is 5.80. The predicted octanol–water partition coefficient (Wildman–Crippen LogP) is 1.03. The molecule has 78 valence electrons. The molecule has 4 heteroatoms. The van der Waals surface area contributed by atoms with Gasteiger partial charge in [0.1, 0.15) is 6.10 Å². The highest BCUT2D eigenvalue weighted by atomic mass is 16.6. The molecule has 2 rings (SSSR count). The summed E-state index contributed by atoms with van der Waals surface area (Å²) in [6.45, 7) is 1.32. The number of rotatable bonds is 1. The Morgan fingerprint density at radius 3 is 2.86 bits per heavy atom. The van der Waals surface area contributed by atoms with Crippen molar-refractivity contribution in [2.75, 3.05) is 0 Å². The Balaban J connectivity index is 2.07. The van der Waals surface area contributed by atoms with Gasteiger partial charge in [0, 0.05) is 12.8 Å². The van der Waals surface area contributed by atoms with E-state index in [0.29, 0.717) is 0 Å². The van der Waals surface area contributed by atoms with E-state index in [1.165, 1.54) is 6.92 Å². The average molecular weight is 198 g/mol. The van der Waals surface area contributed by atoms with E-state index >= 15 is 0 Å². The molecule has 0 radical (unpaired) electrons. The van der Waals surface area contributed by atoms with Gasteiger partial charge in [-0.2, -0.15) is 0 Å². The molecule has 0 aromatic rings. The highest BCUT2D eigenvalue weighted by Crippen LogP contribution is 2.36. The fraction of sp³-hybridized carbons (Fsp3) is 0.800. The molecule has 0 aromatic heterocycles. The second-order valence-electron chi connectivity index (χ2n) is 3.95. The molecule has 0 amide bonds. The van der Waals surface area contributed by atoms with E-state index in [4.69, 9.17) is 9.47 Å². The lowest BCUT2D eigenvalue weighted by Crippen LogP contribution is -2.31. The van der Waals surface area contributed by atoms with Gasteiger partial charge >= 0.3 is 11.9 Å². The van der Waals surface area contributed by atoms with Gasteiger partial charge in [-0.05, 0) is 19.3 Å². The van der Waals surface area contributed by atoms with E-state index in [-0.39, 0.29) is 18.0 Å². The lowest BCUT2D eigenvalue weighted by Gasteiger charge is -2.24. The second kappa shape index (κ2) is 3.59. The van der Waals surface area contributed by atoms with E-state index in [0.717, 1.165) is 25.7 Å². The van der Waals surface area contributed by atoms with Crippen LogP contribution in [0.25, 0.3) is 0 Å². The fourth-order valence-electron chi connectivity index (χ4n) is 2.32. The molecule has 0 spiro atoms. The molecule has 14 heavy (non-hydrogen) atoms. The summed E-state index contributed by atoms with van der Waals surface area (Å²) in [7, 11) is 0. The fourth-order valence-corrected chi connectivity index (χ4v) is 2.32. The van der Waals surface area contributed by atoms with Gasteiger partial charge in [-0.15, -0.1) is 0 Å². The van der Waals surface area contributed by atoms with Crippen molar-refractivity contribution in [1.82, 2.24) is 0 Å². The van der Waals surface area contributed by atoms with Crippen molar-refractivity contribution >= 4 is 11.9 Å². The van der Waals surface area contributed by atoms with Gasteiger partial charge in [-0.1, -0.05) is 6.42 Å². The molecule has 0 N–H and O–H groups in total. The molecule has 2 aliphatic rings. The van der Waals surface area contributed by atoms with Crippen molar-refractivity contribution in [3.63, 3.8) is 0 Å². The van der Waals surface area contributed by atoms with E-state index in [2.05, 4.69) is 0 Å². The normalized spacial score (nSPS) is 36.1. The van der Waals surface area contributed by atoms with E-state index in [9.17, 15) is 9.59 Å². The lowest BCUT2D eigenvalue weighted by molar-refractivity contribution is -0.160. The SMILES string of the molecule is CC(=O)O[C@H]1C(=O)O[C@@H]2CCCC[C@@H]21. The van der Waals surface area contributed by atoms with Crippen LogP contribution in [0.15, 0.2) is 0 Å². The summed E-state index contributed by atoms with van der Waals surface area (Å²) in [5.41, 5.74) is 0. The molecule has 1 saturated heterocycles. The van der Waals surface area contributed by atoms with Gasteiger partial charge in [0.2, 0.25) is 6.10 Å². The zero-order chi connectivity index (χ0) is 10.1. The molecule has 2 fully saturated rings. The summed E-state index contributed by atoms with van der Waals surface area (Å²) in [6.07, 6.45) is 3.37. The number of carbonyl (C=O) groups excluding carboxylic acids is 2. The van der Waals surface area contributed by atoms with Crippen LogP contribution in [0.4, 0.5) is 0 Å². The van der Waals surface area contributed by atoms with Gasteiger partial charge in [0.15, 0.2) is 0 Å². The quantitative estimate of drug-likeness (QED) is 0.590. The smallest absolute Gasteiger partial charge is 0.348 e. The maximum atomic E-state index is 11.4. The first-order valence-corrected chi connectivity index (χ1v) is 5.06. The third kappa shape index (κ3) is 1.61. The summed E-state index contributed by atoms with van der Waals surface area (Å²) in [4.78, 5) is 22.2. The first-order chi connectivity index (χ1) is 6.68. The molecule has 0 unspecified atom stereocenters. The number of esters is 2. The number of carbonyl (C=O) groups is 2. The van der Waals surface area contributed by atoms with Crippen LogP contribution in [0, 0.1) is 5.92 Å². The van der Waals surface area contributed by atoms with Crippen molar-refractivity contribution in [3.8, 4) is 0 Å². The number of fused-ring (bicyclic) bond motifs is 1. The van der Waals surface area contributed by atoms with Crippen LogP contribution >= 0.6 is 0 Å². The Labute approximate surface area is 82.6 Å². The third-order valence-electron chi connectivity index (χ3n) is 2.94. The second-order valence-corrected chi connectivity index (χ2v) is 3.95. The summed E-state index contributed by atoms with van der Waals surface area (Å²) in [5, 5.41) is 0. The standard InChI is InChI=1S/C10H14O4/c1-6(11)13-9-7-4-2-3-5-8(7)14-10(9)12/h7-9H,2-5H2,1H3/t7-,8+,9+/m0/s1. The predicted molar refractivity (Wildman–Crippen MR) is 47.4 cm³/mol. The summed E-state index contributed by atoms with van der Waals surface area (Å²) < 4.78 is 10.1. The van der Waals surface area contributed by atoms with Crippen LogP contribution in [0.3, 0.4) is 0 Å². The molecular weight excluding hydrogens is 184 g/mol. The molecule has 1 aliphatic carbocycles. The molecule has 0 bridgehead atoms. The minimum Gasteiger partial charge on any atom is -0.459 e. The Morgan fingerprint density at radius 2 is 2.14 bits per heavy atom. The van der Waals surface area contributed by atoms with Crippen LogP contribution in [0.1, 0.15) is 32.6 Å². The van der Waals surface area contributed by atoms with E-state index in [1.807, 2.05) is 0 Å². The van der Waals surface area contributed by atoms with Crippen molar-refractivity contribution in [3.05, 3.63) is 0 Å². The van der Waals surface area contributed by atoms with Gasteiger partial charge in [0.05, 0.1) is 0 Å².